The largest absolute Gasteiger partial charge is 0.417 e. The van der Waals surface area contributed by atoms with Crippen molar-refractivity contribution in [1.29, 1.82) is 0 Å². The zero-order valence-corrected chi connectivity index (χ0v) is 24.5. The summed E-state index contributed by atoms with van der Waals surface area (Å²) in [4.78, 5) is 27.0. The van der Waals surface area contributed by atoms with Crippen molar-refractivity contribution in [2.45, 2.75) is 23.0 Å². The summed E-state index contributed by atoms with van der Waals surface area (Å²) in [5.41, 5.74) is 1.10. The first-order chi connectivity index (χ1) is 20.4. The molecule has 2 amide bonds. The molecule has 1 aliphatic heterocycles. The maximum atomic E-state index is 13.1. The number of rotatable bonds is 8. The van der Waals surface area contributed by atoms with Gasteiger partial charge in [0.05, 0.1) is 21.2 Å². The Bertz CT molecular complexity index is 1750. The van der Waals surface area contributed by atoms with Crippen molar-refractivity contribution in [3.8, 4) is 0 Å². The van der Waals surface area contributed by atoms with Crippen LogP contribution in [0.4, 0.5) is 24.5 Å². The molecule has 0 radical (unpaired) electrons. The average molecular weight is 646 g/mol. The van der Waals surface area contributed by atoms with Gasteiger partial charge in [-0.05, 0) is 65.7 Å². The van der Waals surface area contributed by atoms with Gasteiger partial charge in [-0.2, -0.15) is 13.2 Å². The quantitative estimate of drug-likeness (QED) is 0.212. The first-order valence-corrected chi connectivity index (χ1v) is 15.7. The lowest BCUT2D eigenvalue weighted by Gasteiger charge is -2.24. The van der Waals surface area contributed by atoms with Gasteiger partial charge in [0.15, 0.2) is 0 Å². The van der Waals surface area contributed by atoms with Crippen LogP contribution in [-0.4, -0.2) is 30.9 Å². The summed E-state index contributed by atoms with van der Waals surface area (Å²) in [7, 11) is -4.23. The number of nitrogens with one attached hydrogen (secondary N) is 2. The highest BCUT2D eigenvalue weighted by atomic mass is 35.5. The van der Waals surface area contributed by atoms with Crippen LogP contribution < -0.4 is 10.0 Å². The summed E-state index contributed by atoms with van der Waals surface area (Å²) >= 11 is 7.12. The molecule has 2 N–H and O–H groups in total. The van der Waals surface area contributed by atoms with Crippen LogP contribution in [0.3, 0.4) is 0 Å². The molecule has 7 nitrogen and oxygen atoms in total. The zero-order valence-electron chi connectivity index (χ0n) is 22.1. The Morgan fingerprint density at radius 3 is 2.23 bits per heavy atom. The molecule has 5 rings (SSSR count). The van der Waals surface area contributed by atoms with Gasteiger partial charge in [-0.1, -0.05) is 54.1 Å². The minimum absolute atomic E-state index is 0.0422. The van der Waals surface area contributed by atoms with E-state index in [1.807, 2.05) is 35.2 Å². The van der Waals surface area contributed by atoms with Crippen LogP contribution in [0.1, 0.15) is 32.4 Å². The Kier molecular flexibility index (Phi) is 8.72. The third kappa shape index (κ3) is 7.15. The molecule has 0 saturated carbocycles. The number of alkyl halides is 3. The van der Waals surface area contributed by atoms with E-state index in [9.17, 15) is 31.2 Å². The molecule has 1 heterocycles. The molecule has 1 saturated heterocycles. The summed E-state index contributed by atoms with van der Waals surface area (Å²) < 4.78 is 67.0. The number of hydrogen-bond donors (Lipinski definition) is 2. The second-order valence-electron chi connectivity index (χ2n) is 9.57. The number of thioether (sulfide) groups is 1. The van der Waals surface area contributed by atoms with Gasteiger partial charge < -0.3 is 10.2 Å². The van der Waals surface area contributed by atoms with Crippen molar-refractivity contribution in [3.05, 3.63) is 124 Å². The predicted molar refractivity (Wildman–Crippen MR) is 160 cm³/mol. The standard InChI is InChI=1S/C30H23ClF3N3O4S2/c31-26-15-12-23(16-25(26)30(32,33)34)36-43(40,41)24-13-10-22(11-14-24)35-28(39)20-6-8-21(9-7-20)29-37(27(38)18-42-29)17-19-4-2-1-3-5-19/h1-16,29,36H,17-18H2,(H,35,39)/t29-/m0/s1. The molecule has 0 unspecified atom stereocenters. The summed E-state index contributed by atoms with van der Waals surface area (Å²) in [5, 5.41) is 1.96. The molecule has 0 aromatic heterocycles. The number of halogens is 4. The van der Waals surface area contributed by atoms with E-state index in [4.69, 9.17) is 11.6 Å². The van der Waals surface area contributed by atoms with Gasteiger partial charge in [-0.3, -0.25) is 14.3 Å². The van der Waals surface area contributed by atoms with Crippen LogP contribution in [0.2, 0.25) is 5.02 Å². The van der Waals surface area contributed by atoms with Crippen molar-refractivity contribution in [3.63, 3.8) is 0 Å². The molecule has 222 valence electrons. The summed E-state index contributed by atoms with van der Waals surface area (Å²) in [6.07, 6.45) is -4.75. The van der Waals surface area contributed by atoms with Crippen molar-refractivity contribution >= 4 is 56.6 Å². The molecule has 1 fully saturated rings. The van der Waals surface area contributed by atoms with E-state index in [1.165, 1.54) is 36.0 Å². The van der Waals surface area contributed by atoms with Crippen LogP contribution in [0.5, 0.6) is 0 Å². The van der Waals surface area contributed by atoms with Gasteiger partial charge in [0, 0.05) is 23.5 Å². The Labute approximate surface area is 255 Å². The second-order valence-corrected chi connectivity index (χ2v) is 12.7. The van der Waals surface area contributed by atoms with Gasteiger partial charge in [0.25, 0.3) is 15.9 Å². The predicted octanol–water partition coefficient (Wildman–Crippen LogP) is 7.19. The van der Waals surface area contributed by atoms with Gasteiger partial charge in [-0.25, -0.2) is 8.42 Å². The minimum Gasteiger partial charge on any atom is -0.322 e. The van der Waals surface area contributed by atoms with Gasteiger partial charge in [0.1, 0.15) is 5.37 Å². The fraction of sp³-hybridized carbons (Fsp3) is 0.133. The van der Waals surface area contributed by atoms with Crippen molar-refractivity contribution in [2.24, 2.45) is 0 Å². The number of amides is 2. The maximum Gasteiger partial charge on any atom is 0.417 e. The van der Waals surface area contributed by atoms with E-state index in [0.29, 0.717) is 29.6 Å². The van der Waals surface area contributed by atoms with Crippen LogP contribution in [0.25, 0.3) is 0 Å². The second kappa shape index (κ2) is 12.3. The molecule has 4 aromatic rings. The Hall–Kier alpha value is -4.00. The maximum absolute atomic E-state index is 13.1. The van der Waals surface area contributed by atoms with E-state index in [0.717, 1.165) is 23.3 Å². The summed E-state index contributed by atoms with van der Waals surface area (Å²) in [6, 6.07) is 24.5. The molecular weight excluding hydrogens is 623 g/mol. The third-order valence-corrected chi connectivity index (χ3v) is 9.55. The fourth-order valence-electron chi connectivity index (χ4n) is 4.42. The highest BCUT2D eigenvalue weighted by Crippen LogP contribution is 2.40. The van der Waals surface area contributed by atoms with E-state index < -0.39 is 32.7 Å². The van der Waals surface area contributed by atoms with Crippen LogP contribution >= 0.6 is 23.4 Å². The molecule has 4 aromatic carbocycles. The smallest absolute Gasteiger partial charge is 0.322 e. The van der Waals surface area contributed by atoms with Crippen molar-refractivity contribution < 1.29 is 31.2 Å². The molecule has 1 aliphatic rings. The number of benzene rings is 4. The van der Waals surface area contributed by atoms with Crippen LogP contribution in [0, 0.1) is 0 Å². The first kappa shape index (κ1) is 30.5. The van der Waals surface area contributed by atoms with Gasteiger partial charge >= 0.3 is 6.18 Å². The number of carbonyl (C=O) groups excluding carboxylic acids is 2. The third-order valence-electron chi connectivity index (χ3n) is 6.57. The zero-order chi connectivity index (χ0) is 30.8. The number of anilines is 2. The fourth-order valence-corrected chi connectivity index (χ4v) is 6.88. The topological polar surface area (TPSA) is 95.6 Å². The summed E-state index contributed by atoms with van der Waals surface area (Å²) in [5.74, 6) is -0.0205. The highest BCUT2D eigenvalue weighted by molar-refractivity contribution is 8.00. The number of carbonyl (C=O) groups is 2. The molecule has 43 heavy (non-hydrogen) atoms. The number of nitrogens with zero attached hydrogens (tertiary/aromatic N) is 1. The van der Waals surface area contributed by atoms with Crippen molar-refractivity contribution in [2.75, 3.05) is 15.8 Å². The molecule has 13 heteroatoms. The summed E-state index contributed by atoms with van der Waals surface area (Å²) in [6.45, 7) is 0.481. The first-order valence-electron chi connectivity index (χ1n) is 12.8. The number of hydrogen-bond acceptors (Lipinski definition) is 5. The van der Waals surface area contributed by atoms with Crippen LogP contribution in [-0.2, 0) is 27.5 Å². The molecule has 0 aliphatic carbocycles. The van der Waals surface area contributed by atoms with Gasteiger partial charge in [-0.15, -0.1) is 11.8 Å². The monoisotopic (exact) mass is 645 g/mol. The highest BCUT2D eigenvalue weighted by Gasteiger charge is 2.34. The van der Waals surface area contributed by atoms with E-state index in [1.54, 1.807) is 24.3 Å². The molecule has 0 bridgehead atoms. The van der Waals surface area contributed by atoms with E-state index in [2.05, 4.69) is 10.0 Å². The number of sulfonamides is 1. The average Bonchev–Trinajstić information content (AvgIpc) is 3.33. The molecular formula is C30H23ClF3N3O4S2. The van der Waals surface area contributed by atoms with Gasteiger partial charge in [0.2, 0.25) is 5.91 Å². The molecule has 1 atom stereocenters. The lowest BCUT2D eigenvalue weighted by atomic mass is 10.1. The van der Waals surface area contributed by atoms with E-state index in [-0.39, 0.29) is 21.9 Å². The lowest BCUT2D eigenvalue weighted by Crippen LogP contribution is -2.27. The lowest BCUT2D eigenvalue weighted by molar-refractivity contribution is -0.137. The Balaban J connectivity index is 1.23. The van der Waals surface area contributed by atoms with Crippen molar-refractivity contribution in [1.82, 2.24) is 4.90 Å². The Morgan fingerprint density at radius 2 is 1.58 bits per heavy atom. The molecule has 0 spiro atoms. The normalized spacial score (nSPS) is 15.4. The van der Waals surface area contributed by atoms with Crippen LogP contribution in [0.15, 0.2) is 102 Å². The SMILES string of the molecule is O=C(Nc1ccc(S(=O)(=O)Nc2ccc(Cl)c(C(F)(F)F)c2)cc1)c1ccc([C@@H]2SCC(=O)N2Cc2ccccc2)cc1. The van der Waals surface area contributed by atoms with E-state index >= 15 is 0 Å². The minimum atomic E-state index is -4.75. The Morgan fingerprint density at radius 1 is 0.930 bits per heavy atom.